The van der Waals surface area contributed by atoms with Gasteiger partial charge in [0.15, 0.2) is 0 Å². The number of hydrogen-bond acceptors (Lipinski definition) is 7. The number of carbonyl (C=O) groups excluding carboxylic acids is 3. The molecule has 0 saturated heterocycles. The van der Waals surface area contributed by atoms with E-state index in [2.05, 4.69) is 5.32 Å². The zero-order chi connectivity index (χ0) is 23.8. The van der Waals surface area contributed by atoms with Gasteiger partial charge in [0.05, 0.1) is 17.6 Å². The first-order valence-electron chi connectivity index (χ1n) is 9.86. The third kappa shape index (κ3) is 6.23. The molecule has 3 aromatic rings. The molecule has 0 aliphatic carbocycles. The van der Waals surface area contributed by atoms with Gasteiger partial charge >= 0.3 is 11.9 Å². The molecule has 3 rings (SSSR count). The summed E-state index contributed by atoms with van der Waals surface area (Å²) in [6.45, 7) is 0. The number of nitrogens with one attached hydrogen (secondary N) is 1. The number of non-ortho nitro benzene ring substituents is 1. The number of rotatable bonds is 8. The standard InChI is InChI=1S/C24H20N2O7/c1-32-24(29)21(25-22(27)17-6-3-2-4-7-17)14-16-10-12-20(13-11-16)33-23(28)18-8-5-9-19(15-18)26(30)31/h2-13,15,21H,14H2,1H3,(H,25,27)/t21-/m0/s1. The van der Waals surface area contributed by atoms with Crippen molar-refractivity contribution in [3.8, 4) is 5.75 Å². The van der Waals surface area contributed by atoms with Crippen molar-refractivity contribution in [2.45, 2.75) is 12.5 Å². The molecule has 1 amide bonds. The van der Waals surface area contributed by atoms with Crippen molar-refractivity contribution in [2.24, 2.45) is 0 Å². The molecule has 1 atom stereocenters. The fraction of sp³-hybridized carbons (Fsp3) is 0.125. The fourth-order valence-electron chi connectivity index (χ4n) is 3.01. The van der Waals surface area contributed by atoms with E-state index in [1.54, 1.807) is 42.5 Å². The van der Waals surface area contributed by atoms with E-state index in [0.717, 1.165) is 6.07 Å². The quantitative estimate of drug-likeness (QED) is 0.242. The van der Waals surface area contributed by atoms with Gasteiger partial charge < -0.3 is 14.8 Å². The van der Waals surface area contributed by atoms with E-state index in [4.69, 9.17) is 9.47 Å². The van der Waals surface area contributed by atoms with Crippen LogP contribution in [0.1, 0.15) is 26.3 Å². The second kappa shape index (κ2) is 10.7. The second-order valence-electron chi connectivity index (χ2n) is 6.96. The van der Waals surface area contributed by atoms with Crippen molar-refractivity contribution < 1.29 is 28.8 Å². The summed E-state index contributed by atoms with van der Waals surface area (Å²) >= 11 is 0. The van der Waals surface area contributed by atoms with Crippen LogP contribution >= 0.6 is 0 Å². The Hall–Kier alpha value is -4.53. The first-order valence-corrected chi connectivity index (χ1v) is 9.86. The SMILES string of the molecule is COC(=O)[C@H](Cc1ccc(OC(=O)c2cccc([N+](=O)[O-])c2)cc1)NC(=O)c1ccccc1. The number of methoxy groups -OCH3 is 1. The number of carbonyl (C=O) groups is 3. The Balaban J connectivity index is 1.66. The Morgan fingerprint density at radius 2 is 1.61 bits per heavy atom. The highest BCUT2D eigenvalue weighted by Crippen LogP contribution is 2.18. The molecule has 168 valence electrons. The van der Waals surface area contributed by atoms with Crippen molar-refractivity contribution in [2.75, 3.05) is 7.11 Å². The van der Waals surface area contributed by atoms with Crippen molar-refractivity contribution in [3.05, 3.63) is 106 Å². The van der Waals surface area contributed by atoms with E-state index in [9.17, 15) is 24.5 Å². The van der Waals surface area contributed by atoms with Crippen LogP contribution in [0.4, 0.5) is 5.69 Å². The summed E-state index contributed by atoms with van der Waals surface area (Å²) in [6.07, 6.45) is 0.157. The van der Waals surface area contributed by atoms with E-state index < -0.39 is 28.8 Å². The molecule has 1 N–H and O–H groups in total. The Labute approximate surface area is 189 Å². The summed E-state index contributed by atoms with van der Waals surface area (Å²) in [5.41, 5.74) is 0.928. The summed E-state index contributed by atoms with van der Waals surface area (Å²) in [6, 6.07) is 19.1. The molecule has 9 nitrogen and oxygen atoms in total. The maximum Gasteiger partial charge on any atom is 0.343 e. The Morgan fingerprint density at radius 3 is 2.24 bits per heavy atom. The average Bonchev–Trinajstić information content (AvgIpc) is 2.84. The van der Waals surface area contributed by atoms with Crippen LogP contribution in [-0.2, 0) is 16.0 Å². The van der Waals surface area contributed by atoms with Gasteiger partial charge in [-0.05, 0) is 35.9 Å². The molecule has 0 fully saturated rings. The van der Waals surface area contributed by atoms with Crippen LogP contribution in [-0.4, -0.2) is 35.9 Å². The molecule has 0 spiro atoms. The third-order valence-electron chi connectivity index (χ3n) is 4.69. The molecule has 33 heavy (non-hydrogen) atoms. The number of ether oxygens (including phenoxy) is 2. The van der Waals surface area contributed by atoms with E-state index in [1.807, 2.05) is 0 Å². The molecule has 0 aliphatic rings. The minimum absolute atomic E-state index is 0.0441. The lowest BCUT2D eigenvalue weighted by Gasteiger charge is -2.17. The molecule has 0 aliphatic heterocycles. The third-order valence-corrected chi connectivity index (χ3v) is 4.69. The highest BCUT2D eigenvalue weighted by atomic mass is 16.6. The van der Waals surface area contributed by atoms with E-state index in [-0.39, 0.29) is 23.4 Å². The van der Waals surface area contributed by atoms with Crippen LogP contribution < -0.4 is 10.1 Å². The Morgan fingerprint density at radius 1 is 0.939 bits per heavy atom. The minimum Gasteiger partial charge on any atom is -0.467 e. The Kier molecular flexibility index (Phi) is 7.48. The zero-order valence-corrected chi connectivity index (χ0v) is 17.6. The van der Waals surface area contributed by atoms with Gasteiger partial charge in [-0.15, -0.1) is 0 Å². The summed E-state index contributed by atoms with van der Waals surface area (Å²) in [7, 11) is 1.24. The minimum atomic E-state index is -0.916. The second-order valence-corrected chi connectivity index (χ2v) is 6.96. The van der Waals surface area contributed by atoms with Gasteiger partial charge in [0.1, 0.15) is 11.8 Å². The molecule has 9 heteroatoms. The topological polar surface area (TPSA) is 125 Å². The lowest BCUT2D eigenvalue weighted by Crippen LogP contribution is -2.43. The summed E-state index contributed by atoms with van der Waals surface area (Å²) in [4.78, 5) is 47.2. The van der Waals surface area contributed by atoms with Crippen molar-refractivity contribution in [3.63, 3.8) is 0 Å². The summed E-state index contributed by atoms with van der Waals surface area (Å²) < 4.78 is 10.1. The monoisotopic (exact) mass is 448 g/mol. The average molecular weight is 448 g/mol. The molecular weight excluding hydrogens is 428 g/mol. The summed E-state index contributed by atoms with van der Waals surface area (Å²) in [5.74, 6) is -1.53. The highest BCUT2D eigenvalue weighted by molar-refractivity contribution is 5.96. The van der Waals surface area contributed by atoms with Crippen LogP contribution in [0.2, 0.25) is 0 Å². The van der Waals surface area contributed by atoms with Crippen LogP contribution in [0.15, 0.2) is 78.9 Å². The molecule has 0 aromatic heterocycles. The largest absolute Gasteiger partial charge is 0.467 e. The van der Waals surface area contributed by atoms with Gasteiger partial charge in [-0.2, -0.15) is 0 Å². The molecule has 3 aromatic carbocycles. The van der Waals surface area contributed by atoms with Gasteiger partial charge in [-0.25, -0.2) is 9.59 Å². The number of amides is 1. The Bertz CT molecular complexity index is 1160. The van der Waals surface area contributed by atoms with Crippen molar-refractivity contribution in [1.29, 1.82) is 0 Å². The van der Waals surface area contributed by atoms with Gasteiger partial charge in [-0.1, -0.05) is 36.4 Å². The molecule has 0 unspecified atom stereocenters. The predicted octanol–water partition coefficient (Wildman–Crippen LogP) is 3.33. The van der Waals surface area contributed by atoms with E-state index in [1.165, 1.54) is 37.4 Å². The first kappa shape index (κ1) is 23.1. The maximum absolute atomic E-state index is 12.4. The van der Waals surface area contributed by atoms with Gasteiger partial charge in [-0.3, -0.25) is 14.9 Å². The fourth-order valence-corrected chi connectivity index (χ4v) is 3.01. The number of esters is 2. The predicted molar refractivity (Wildman–Crippen MR) is 118 cm³/mol. The van der Waals surface area contributed by atoms with Crippen molar-refractivity contribution in [1.82, 2.24) is 5.32 Å². The molecule has 0 saturated carbocycles. The van der Waals surface area contributed by atoms with Gasteiger partial charge in [0.25, 0.3) is 11.6 Å². The highest BCUT2D eigenvalue weighted by Gasteiger charge is 2.23. The zero-order valence-electron chi connectivity index (χ0n) is 17.6. The van der Waals surface area contributed by atoms with Crippen LogP contribution in [0.5, 0.6) is 5.75 Å². The number of benzene rings is 3. The lowest BCUT2D eigenvalue weighted by atomic mass is 10.0. The van der Waals surface area contributed by atoms with E-state index >= 15 is 0 Å². The number of hydrogen-bond donors (Lipinski definition) is 1. The summed E-state index contributed by atoms with van der Waals surface area (Å²) in [5, 5.41) is 13.5. The smallest absolute Gasteiger partial charge is 0.343 e. The van der Waals surface area contributed by atoms with Gasteiger partial charge in [0, 0.05) is 24.1 Å². The normalized spacial score (nSPS) is 11.2. The molecule has 0 bridgehead atoms. The van der Waals surface area contributed by atoms with Crippen molar-refractivity contribution >= 4 is 23.5 Å². The lowest BCUT2D eigenvalue weighted by molar-refractivity contribution is -0.384. The molecule has 0 radical (unpaired) electrons. The van der Waals surface area contributed by atoms with Crippen LogP contribution in [0.3, 0.4) is 0 Å². The van der Waals surface area contributed by atoms with E-state index in [0.29, 0.717) is 11.1 Å². The number of nitro benzene ring substituents is 1. The van der Waals surface area contributed by atoms with Gasteiger partial charge in [0.2, 0.25) is 0 Å². The number of nitro groups is 1. The molecule has 0 heterocycles. The van der Waals surface area contributed by atoms with Crippen LogP contribution in [0.25, 0.3) is 0 Å². The first-order chi connectivity index (χ1) is 15.9. The number of nitrogens with zero attached hydrogens (tertiary/aromatic N) is 1. The maximum atomic E-state index is 12.4. The molecular formula is C24H20N2O7. The van der Waals surface area contributed by atoms with Crippen LogP contribution in [0, 0.1) is 10.1 Å².